The van der Waals surface area contributed by atoms with Crippen LogP contribution in [-0.4, -0.2) is 37.0 Å². The minimum absolute atomic E-state index is 0.370. The van der Waals surface area contributed by atoms with Crippen LogP contribution in [0.5, 0.6) is 0 Å². The third kappa shape index (κ3) is 2.66. The summed E-state index contributed by atoms with van der Waals surface area (Å²) in [7, 11) is 0. The lowest BCUT2D eigenvalue weighted by Crippen LogP contribution is -2.42. The van der Waals surface area contributed by atoms with Crippen molar-refractivity contribution in [3.63, 3.8) is 0 Å². The Morgan fingerprint density at radius 3 is 2.75 bits per heavy atom. The Balaban J connectivity index is 1.89. The van der Waals surface area contributed by atoms with Gasteiger partial charge in [0.2, 0.25) is 5.91 Å². The number of nitrogens with zero attached hydrogens (tertiary/aromatic N) is 1. The van der Waals surface area contributed by atoms with Gasteiger partial charge in [0, 0.05) is 38.3 Å². The average molecular weight is 269 g/mol. The summed E-state index contributed by atoms with van der Waals surface area (Å²) in [6, 6.07) is 12.0. The maximum atomic E-state index is 11.4. The van der Waals surface area contributed by atoms with Gasteiger partial charge in [-0.3, -0.25) is 9.69 Å². The normalized spacial score (nSPS) is 16.4. The topological polar surface area (TPSA) is 58.4 Å². The number of hydrogen-bond donors (Lipinski definition) is 2. The summed E-state index contributed by atoms with van der Waals surface area (Å²) in [6.45, 7) is 5.23. The quantitative estimate of drug-likeness (QED) is 0.884. The summed E-state index contributed by atoms with van der Waals surface area (Å²) in [5, 5.41) is 5.37. The molecule has 0 unspecified atom stereocenters. The summed E-state index contributed by atoms with van der Waals surface area (Å²) in [6.07, 6.45) is 0. The van der Waals surface area contributed by atoms with Crippen LogP contribution in [0.4, 0.5) is 0 Å². The molecule has 1 aliphatic rings. The van der Waals surface area contributed by atoms with Gasteiger partial charge in [-0.25, -0.2) is 0 Å². The van der Waals surface area contributed by atoms with E-state index in [1.807, 2.05) is 18.2 Å². The minimum Gasteiger partial charge on any atom is -0.366 e. The highest BCUT2D eigenvalue weighted by molar-refractivity contribution is 6.06. The molecule has 0 aromatic heterocycles. The van der Waals surface area contributed by atoms with Gasteiger partial charge in [0.15, 0.2) is 0 Å². The number of amides is 1. The van der Waals surface area contributed by atoms with Gasteiger partial charge in [0.1, 0.15) is 0 Å². The van der Waals surface area contributed by atoms with Gasteiger partial charge < -0.3 is 11.1 Å². The smallest absolute Gasteiger partial charge is 0.249 e. The van der Waals surface area contributed by atoms with Crippen molar-refractivity contribution in [1.29, 1.82) is 0 Å². The molecule has 4 nitrogen and oxygen atoms in total. The van der Waals surface area contributed by atoms with Crippen molar-refractivity contribution in [1.82, 2.24) is 10.2 Å². The number of nitrogens with two attached hydrogens (primary N) is 1. The molecule has 0 saturated carbocycles. The van der Waals surface area contributed by atoms with E-state index in [4.69, 9.17) is 5.73 Å². The molecule has 1 aliphatic heterocycles. The summed E-state index contributed by atoms with van der Waals surface area (Å²) >= 11 is 0. The number of carbonyl (C=O) groups is 1. The average Bonchev–Trinajstić information content (AvgIpc) is 2.47. The molecule has 0 aliphatic carbocycles. The zero-order valence-corrected chi connectivity index (χ0v) is 11.4. The fourth-order valence-corrected chi connectivity index (χ4v) is 2.77. The van der Waals surface area contributed by atoms with Crippen LogP contribution in [0.3, 0.4) is 0 Å². The molecule has 3 rings (SSSR count). The SMILES string of the molecule is NC(=O)c1cccc2cc(CN3CCNCC3)ccc12. The number of hydrogen-bond acceptors (Lipinski definition) is 3. The Bertz CT molecular complexity index is 633. The second-order valence-corrected chi connectivity index (χ2v) is 5.25. The lowest BCUT2D eigenvalue weighted by molar-refractivity contribution is 0.100. The Labute approximate surface area is 118 Å². The number of primary amides is 1. The second-order valence-electron chi connectivity index (χ2n) is 5.25. The molecule has 2 aromatic rings. The van der Waals surface area contributed by atoms with E-state index in [0.29, 0.717) is 5.56 Å². The Morgan fingerprint density at radius 1 is 1.20 bits per heavy atom. The summed E-state index contributed by atoms with van der Waals surface area (Å²) < 4.78 is 0. The van der Waals surface area contributed by atoms with Gasteiger partial charge in [-0.15, -0.1) is 0 Å². The molecule has 1 amide bonds. The van der Waals surface area contributed by atoms with Crippen LogP contribution in [0.2, 0.25) is 0 Å². The van der Waals surface area contributed by atoms with E-state index >= 15 is 0 Å². The van der Waals surface area contributed by atoms with E-state index in [9.17, 15) is 4.79 Å². The molecule has 0 spiro atoms. The van der Waals surface area contributed by atoms with Gasteiger partial charge in [0.05, 0.1) is 0 Å². The molecule has 4 heteroatoms. The van der Waals surface area contributed by atoms with Gasteiger partial charge in [-0.2, -0.15) is 0 Å². The van der Waals surface area contributed by atoms with Crippen molar-refractivity contribution in [2.45, 2.75) is 6.54 Å². The lowest BCUT2D eigenvalue weighted by atomic mass is 10.0. The van der Waals surface area contributed by atoms with Crippen molar-refractivity contribution in [3.05, 3.63) is 47.5 Å². The molecular weight excluding hydrogens is 250 g/mol. The van der Waals surface area contributed by atoms with Gasteiger partial charge in [-0.05, 0) is 28.5 Å². The highest BCUT2D eigenvalue weighted by Gasteiger charge is 2.11. The van der Waals surface area contributed by atoms with E-state index in [1.54, 1.807) is 6.07 Å². The molecular formula is C16H19N3O. The van der Waals surface area contributed by atoms with Gasteiger partial charge in [-0.1, -0.05) is 24.3 Å². The van der Waals surface area contributed by atoms with Gasteiger partial charge >= 0.3 is 0 Å². The summed E-state index contributed by atoms with van der Waals surface area (Å²) in [5.74, 6) is -0.370. The molecule has 3 N–H and O–H groups in total. The molecule has 2 aromatic carbocycles. The van der Waals surface area contributed by atoms with Crippen molar-refractivity contribution in [2.75, 3.05) is 26.2 Å². The van der Waals surface area contributed by atoms with Crippen LogP contribution < -0.4 is 11.1 Å². The minimum atomic E-state index is -0.370. The van der Waals surface area contributed by atoms with Crippen LogP contribution >= 0.6 is 0 Å². The maximum Gasteiger partial charge on any atom is 0.249 e. The van der Waals surface area contributed by atoms with Crippen molar-refractivity contribution < 1.29 is 4.79 Å². The van der Waals surface area contributed by atoms with E-state index in [0.717, 1.165) is 43.5 Å². The summed E-state index contributed by atoms with van der Waals surface area (Å²) in [4.78, 5) is 13.9. The molecule has 104 valence electrons. The summed E-state index contributed by atoms with van der Waals surface area (Å²) in [5.41, 5.74) is 7.29. The third-order valence-electron chi connectivity index (χ3n) is 3.83. The van der Waals surface area contributed by atoms with Crippen molar-refractivity contribution in [3.8, 4) is 0 Å². The monoisotopic (exact) mass is 269 g/mol. The fraction of sp³-hybridized carbons (Fsp3) is 0.312. The maximum absolute atomic E-state index is 11.4. The largest absolute Gasteiger partial charge is 0.366 e. The first-order valence-electron chi connectivity index (χ1n) is 6.98. The number of rotatable bonds is 3. The lowest BCUT2D eigenvalue weighted by Gasteiger charge is -2.27. The molecule has 1 heterocycles. The van der Waals surface area contributed by atoms with E-state index in [1.165, 1.54) is 5.56 Å². The first-order chi connectivity index (χ1) is 9.74. The van der Waals surface area contributed by atoms with Crippen molar-refractivity contribution in [2.24, 2.45) is 5.73 Å². The number of fused-ring (bicyclic) bond motifs is 1. The first kappa shape index (κ1) is 13.1. The molecule has 0 atom stereocenters. The Morgan fingerprint density at radius 2 is 2.00 bits per heavy atom. The highest BCUT2D eigenvalue weighted by atomic mass is 16.1. The number of carbonyl (C=O) groups excluding carboxylic acids is 1. The van der Waals surface area contributed by atoms with E-state index in [2.05, 4.69) is 22.3 Å². The predicted molar refractivity (Wildman–Crippen MR) is 80.6 cm³/mol. The van der Waals surface area contributed by atoms with Crippen LogP contribution in [0.1, 0.15) is 15.9 Å². The van der Waals surface area contributed by atoms with Crippen LogP contribution in [0.25, 0.3) is 10.8 Å². The zero-order chi connectivity index (χ0) is 13.9. The van der Waals surface area contributed by atoms with Crippen LogP contribution in [0, 0.1) is 0 Å². The number of nitrogens with one attached hydrogen (secondary N) is 1. The third-order valence-corrected chi connectivity index (χ3v) is 3.83. The second kappa shape index (κ2) is 5.61. The van der Waals surface area contributed by atoms with Crippen LogP contribution in [0.15, 0.2) is 36.4 Å². The van der Waals surface area contributed by atoms with Gasteiger partial charge in [0.25, 0.3) is 0 Å². The number of piperazine rings is 1. The molecule has 1 saturated heterocycles. The van der Waals surface area contributed by atoms with E-state index in [-0.39, 0.29) is 5.91 Å². The van der Waals surface area contributed by atoms with Crippen molar-refractivity contribution >= 4 is 16.7 Å². The Kier molecular flexibility index (Phi) is 3.67. The Hall–Kier alpha value is -1.91. The molecule has 0 bridgehead atoms. The molecule has 0 radical (unpaired) electrons. The van der Waals surface area contributed by atoms with Crippen LogP contribution in [-0.2, 0) is 6.54 Å². The first-order valence-corrected chi connectivity index (χ1v) is 6.98. The van der Waals surface area contributed by atoms with E-state index < -0.39 is 0 Å². The predicted octanol–water partition coefficient (Wildman–Crippen LogP) is 1.34. The number of benzene rings is 2. The molecule has 20 heavy (non-hydrogen) atoms. The highest BCUT2D eigenvalue weighted by Crippen LogP contribution is 2.21. The molecule has 1 fully saturated rings. The zero-order valence-electron chi connectivity index (χ0n) is 11.4. The fourth-order valence-electron chi connectivity index (χ4n) is 2.77. The standard InChI is InChI=1S/C16H19N3O/c17-16(20)15-3-1-2-13-10-12(4-5-14(13)15)11-19-8-6-18-7-9-19/h1-5,10,18H,6-9,11H2,(H2,17,20).